The average molecular weight is 350 g/mol. The van der Waals surface area contributed by atoms with Crippen molar-refractivity contribution in [2.24, 2.45) is 0 Å². The SMILES string of the molecule is CC1CCCN1C(=O)c1ccc(Cl)c(B2OC(C)(C)C(C)(C)O2)c1. The molecular weight excluding hydrogens is 324 g/mol. The van der Waals surface area contributed by atoms with Crippen LogP contribution in [-0.4, -0.2) is 41.7 Å². The fourth-order valence-corrected chi connectivity index (χ4v) is 3.43. The molecule has 0 saturated carbocycles. The van der Waals surface area contributed by atoms with Crippen molar-refractivity contribution < 1.29 is 14.1 Å². The lowest BCUT2D eigenvalue weighted by Crippen LogP contribution is -2.41. The van der Waals surface area contributed by atoms with E-state index in [-0.39, 0.29) is 11.9 Å². The Morgan fingerprint density at radius 1 is 1.25 bits per heavy atom. The van der Waals surface area contributed by atoms with Crippen LogP contribution in [0, 0.1) is 0 Å². The molecule has 24 heavy (non-hydrogen) atoms. The van der Waals surface area contributed by atoms with Gasteiger partial charge in [0, 0.05) is 28.6 Å². The van der Waals surface area contributed by atoms with E-state index in [2.05, 4.69) is 6.92 Å². The molecule has 1 amide bonds. The Morgan fingerprint density at radius 3 is 2.42 bits per heavy atom. The van der Waals surface area contributed by atoms with Crippen LogP contribution >= 0.6 is 11.6 Å². The van der Waals surface area contributed by atoms with E-state index in [0.29, 0.717) is 16.0 Å². The minimum atomic E-state index is -0.564. The Hall–Kier alpha value is -1.04. The van der Waals surface area contributed by atoms with Gasteiger partial charge in [0.2, 0.25) is 0 Å². The first-order chi connectivity index (χ1) is 11.1. The molecule has 1 aromatic carbocycles. The van der Waals surface area contributed by atoms with Gasteiger partial charge < -0.3 is 14.2 Å². The van der Waals surface area contributed by atoms with E-state index >= 15 is 0 Å². The molecule has 0 spiro atoms. The number of carbonyl (C=O) groups excluding carboxylic acids is 1. The molecule has 0 radical (unpaired) electrons. The molecular formula is C18H25BClNO3. The quantitative estimate of drug-likeness (QED) is 0.769. The van der Waals surface area contributed by atoms with E-state index in [9.17, 15) is 4.79 Å². The highest BCUT2D eigenvalue weighted by Gasteiger charge is 2.52. The normalized spacial score (nSPS) is 25.3. The number of hydrogen-bond donors (Lipinski definition) is 0. The molecule has 0 bridgehead atoms. The molecule has 0 N–H and O–H groups in total. The molecule has 3 rings (SSSR count). The van der Waals surface area contributed by atoms with Crippen molar-refractivity contribution in [3.63, 3.8) is 0 Å². The van der Waals surface area contributed by atoms with E-state index in [1.54, 1.807) is 12.1 Å². The first-order valence-electron chi connectivity index (χ1n) is 8.58. The Labute approximate surface area is 149 Å². The van der Waals surface area contributed by atoms with Crippen LogP contribution in [0.1, 0.15) is 57.8 Å². The van der Waals surface area contributed by atoms with Crippen LogP contribution in [-0.2, 0) is 9.31 Å². The maximum absolute atomic E-state index is 12.8. The predicted octanol–water partition coefficient (Wildman–Crippen LogP) is 3.26. The van der Waals surface area contributed by atoms with E-state index in [1.165, 1.54) is 0 Å². The average Bonchev–Trinajstić information content (AvgIpc) is 3.00. The van der Waals surface area contributed by atoms with Gasteiger partial charge in [0.05, 0.1) is 11.2 Å². The molecule has 130 valence electrons. The number of benzene rings is 1. The summed E-state index contributed by atoms with van der Waals surface area (Å²) >= 11 is 6.37. The van der Waals surface area contributed by atoms with Gasteiger partial charge in [0.25, 0.3) is 5.91 Å². The monoisotopic (exact) mass is 349 g/mol. The van der Waals surface area contributed by atoms with Crippen molar-refractivity contribution in [3.8, 4) is 0 Å². The standard InChI is InChI=1S/C18H25BClNO3/c1-12-7-6-10-21(12)16(22)13-8-9-15(20)14(11-13)19-23-17(2,3)18(4,5)24-19/h8-9,11-12H,6-7,10H2,1-5H3. The van der Waals surface area contributed by atoms with Crippen LogP contribution in [0.25, 0.3) is 0 Å². The third kappa shape index (κ3) is 2.98. The van der Waals surface area contributed by atoms with E-state index < -0.39 is 18.3 Å². The summed E-state index contributed by atoms with van der Waals surface area (Å²) in [5.74, 6) is 0.0504. The number of likely N-dealkylation sites (tertiary alicyclic amines) is 1. The molecule has 2 aliphatic heterocycles. The number of carbonyl (C=O) groups is 1. The number of rotatable bonds is 2. The first-order valence-corrected chi connectivity index (χ1v) is 8.96. The summed E-state index contributed by atoms with van der Waals surface area (Å²) < 4.78 is 12.2. The highest BCUT2D eigenvalue weighted by Crippen LogP contribution is 2.37. The zero-order valence-electron chi connectivity index (χ0n) is 15.1. The summed E-state index contributed by atoms with van der Waals surface area (Å²) in [6, 6.07) is 5.64. The fraction of sp³-hybridized carbons (Fsp3) is 0.611. The van der Waals surface area contributed by atoms with Crippen molar-refractivity contribution in [2.45, 2.75) is 64.7 Å². The lowest BCUT2D eigenvalue weighted by molar-refractivity contribution is 0.00578. The first kappa shape index (κ1) is 17.8. The zero-order valence-corrected chi connectivity index (χ0v) is 15.8. The van der Waals surface area contributed by atoms with Gasteiger partial charge in [-0.1, -0.05) is 11.6 Å². The number of amides is 1. The summed E-state index contributed by atoms with van der Waals surface area (Å²) in [5.41, 5.74) is 0.473. The van der Waals surface area contributed by atoms with Gasteiger partial charge >= 0.3 is 7.12 Å². The van der Waals surface area contributed by atoms with Crippen molar-refractivity contribution in [2.75, 3.05) is 6.54 Å². The summed E-state index contributed by atoms with van der Waals surface area (Å²) in [6.07, 6.45) is 2.12. The van der Waals surface area contributed by atoms with Crippen LogP contribution < -0.4 is 5.46 Å². The summed E-state index contributed by atoms with van der Waals surface area (Å²) in [6.45, 7) is 10.9. The third-order valence-electron chi connectivity index (χ3n) is 5.56. The van der Waals surface area contributed by atoms with Crippen molar-refractivity contribution >= 4 is 30.1 Å². The van der Waals surface area contributed by atoms with E-state index in [1.807, 2.05) is 38.7 Å². The van der Waals surface area contributed by atoms with Crippen LogP contribution in [0.15, 0.2) is 18.2 Å². The molecule has 0 aliphatic carbocycles. The topological polar surface area (TPSA) is 38.8 Å². The molecule has 2 aliphatic rings. The predicted molar refractivity (Wildman–Crippen MR) is 96.9 cm³/mol. The zero-order chi connectivity index (χ0) is 17.7. The minimum absolute atomic E-state index is 0.0504. The highest BCUT2D eigenvalue weighted by molar-refractivity contribution is 6.65. The fourth-order valence-electron chi connectivity index (χ4n) is 3.23. The lowest BCUT2D eigenvalue weighted by atomic mass is 9.78. The van der Waals surface area contributed by atoms with Gasteiger partial charge in [0.1, 0.15) is 0 Å². The van der Waals surface area contributed by atoms with Crippen molar-refractivity contribution in [1.82, 2.24) is 4.90 Å². The van der Waals surface area contributed by atoms with E-state index in [0.717, 1.165) is 19.4 Å². The number of hydrogen-bond acceptors (Lipinski definition) is 3. The number of nitrogens with zero attached hydrogens (tertiary/aromatic N) is 1. The smallest absolute Gasteiger partial charge is 0.399 e. The lowest BCUT2D eigenvalue weighted by Gasteiger charge is -2.32. The van der Waals surface area contributed by atoms with Gasteiger partial charge in [-0.05, 0) is 65.7 Å². The number of halogens is 1. The van der Waals surface area contributed by atoms with Crippen molar-refractivity contribution in [3.05, 3.63) is 28.8 Å². The van der Waals surface area contributed by atoms with Gasteiger partial charge in [0.15, 0.2) is 0 Å². The summed E-state index contributed by atoms with van der Waals surface area (Å²) in [4.78, 5) is 14.7. The molecule has 1 unspecified atom stereocenters. The highest BCUT2D eigenvalue weighted by atomic mass is 35.5. The molecule has 2 heterocycles. The molecule has 4 nitrogen and oxygen atoms in total. The Kier molecular flexibility index (Phi) is 4.48. The largest absolute Gasteiger partial charge is 0.496 e. The Morgan fingerprint density at radius 2 is 1.88 bits per heavy atom. The Balaban J connectivity index is 1.89. The van der Waals surface area contributed by atoms with E-state index in [4.69, 9.17) is 20.9 Å². The second kappa shape index (κ2) is 6.04. The van der Waals surface area contributed by atoms with Gasteiger partial charge in [-0.2, -0.15) is 0 Å². The van der Waals surface area contributed by atoms with Crippen LogP contribution in [0.4, 0.5) is 0 Å². The van der Waals surface area contributed by atoms with Crippen LogP contribution in [0.5, 0.6) is 0 Å². The molecule has 1 aromatic rings. The van der Waals surface area contributed by atoms with Crippen LogP contribution in [0.2, 0.25) is 5.02 Å². The molecule has 2 saturated heterocycles. The second-order valence-electron chi connectivity index (χ2n) is 7.81. The minimum Gasteiger partial charge on any atom is -0.399 e. The van der Waals surface area contributed by atoms with Gasteiger partial charge in [-0.3, -0.25) is 4.79 Å². The second-order valence-corrected chi connectivity index (χ2v) is 8.22. The molecule has 0 aromatic heterocycles. The molecule has 2 fully saturated rings. The summed E-state index contributed by atoms with van der Waals surface area (Å²) in [5, 5.41) is 0.555. The maximum Gasteiger partial charge on any atom is 0.496 e. The maximum atomic E-state index is 12.8. The van der Waals surface area contributed by atoms with Gasteiger partial charge in [-0.25, -0.2) is 0 Å². The molecule has 1 atom stereocenters. The summed E-state index contributed by atoms with van der Waals surface area (Å²) in [7, 11) is -0.564. The van der Waals surface area contributed by atoms with Crippen LogP contribution in [0.3, 0.4) is 0 Å². The third-order valence-corrected chi connectivity index (χ3v) is 5.91. The van der Waals surface area contributed by atoms with Crippen molar-refractivity contribution in [1.29, 1.82) is 0 Å². The van der Waals surface area contributed by atoms with Gasteiger partial charge in [-0.15, -0.1) is 0 Å². The molecule has 6 heteroatoms. The Bertz CT molecular complexity index is 646.